The van der Waals surface area contributed by atoms with Gasteiger partial charge in [-0.25, -0.2) is 0 Å². The van der Waals surface area contributed by atoms with Crippen LogP contribution in [0.4, 0.5) is 0 Å². The second kappa shape index (κ2) is 12.2. The molecule has 4 rings (SSSR count). The lowest BCUT2D eigenvalue weighted by atomic mass is 9.90. The summed E-state index contributed by atoms with van der Waals surface area (Å²) in [5, 5.41) is 9.33. The molecule has 0 saturated carbocycles. The van der Waals surface area contributed by atoms with E-state index in [2.05, 4.69) is 90.1 Å². The van der Waals surface area contributed by atoms with Crippen LogP contribution in [-0.2, 0) is 0 Å². The predicted octanol–water partition coefficient (Wildman–Crippen LogP) is 10.7. The van der Waals surface area contributed by atoms with Crippen molar-refractivity contribution in [1.82, 2.24) is 0 Å². The van der Waals surface area contributed by atoms with Crippen LogP contribution < -0.4 is 9.47 Å². The van der Waals surface area contributed by atoms with E-state index >= 15 is 0 Å². The number of ether oxygens (including phenoxy) is 2. The molecule has 0 amide bonds. The molecule has 3 nitrogen and oxygen atoms in total. The molecule has 0 unspecified atom stereocenters. The van der Waals surface area contributed by atoms with Crippen molar-refractivity contribution in [2.45, 2.75) is 69.1 Å². The number of benzene rings is 4. The molecule has 4 aromatic carbocycles. The molecular weight excluding hydrogens is 486 g/mol. The van der Waals surface area contributed by atoms with Crippen LogP contribution >= 0.6 is 11.8 Å². The molecule has 0 aliphatic carbocycles. The average Bonchev–Trinajstić information content (AvgIpc) is 2.90. The van der Waals surface area contributed by atoms with Gasteiger partial charge >= 0.3 is 0 Å². The molecule has 194 valence electrons. The SMILES string of the molecule is CC(C)c1cc(Oc2ccc(Sc3ccc(Oc4ccc(C(C)C)c(C(C)C)c4)cc3)cc2)ccc1C#N. The van der Waals surface area contributed by atoms with Crippen molar-refractivity contribution >= 4 is 11.8 Å². The summed E-state index contributed by atoms with van der Waals surface area (Å²) in [5.41, 5.74) is 4.42. The molecule has 0 atom stereocenters. The first kappa shape index (κ1) is 27.4. The van der Waals surface area contributed by atoms with Crippen LogP contribution in [0.25, 0.3) is 0 Å². The van der Waals surface area contributed by atoms with E-state index in [1.165, 1.54) is 11.1 Å². The number of hydrogen-bond donors (Lipinski definition) is 0. The minimum Gasteiger partial charge on any atom is -0.457 e. The van der Waals surface area contributed by atoms with Gasteiger partial charge < -0.3 is 9.47 Å². The summed E-state index contributed by atoms with van der Waals surface area (Å²) in [4.78, 5) is 2.26. The molecule has 4 heteroatoms. The average molecular weight is 522 g/mol. The van der Waals surface area contributed by atoms with Crippen molar-refractivity contribution in [3.8, 4) is 29.1 Å². The van der Waals surface area contributed by atoms with Gasteiger partial charge in [-0.2, -0.15) is 5.26 Å². The molecule has 0 bridgehead atoms. The van der Waals surface area contributed by atoms with Gasteiger partial charge in [0.1, 0.15) is 23.0 Å². The first-order chi connectivity index (χ1) is 18.2. The van der Waals surface area contributed by atoms with E-state index in [9.17, 15) is 5.26 Å². The molecule has 0 heterocycles. The van der Waals surface area contributed by atoms with Gasteiger partial charge in [0, 0.05) is 9.79 Å². The Morgan fingerprint density at radius 3 is 1.39 bits per heavy atom. The van der Waals surface area contributed by atoms with E-state index < -0.39 is 0 Å². The van der Waals surface area contributed by atoms with E-state index in [1.54, 1.807) is 11.8 Å². The van der Waals surface area contributed by atoms with Gasteiger partial charge in [0.15, 0.2) is 0 Å². The van der Waals surface area contributed by atoms with Gasteiger partial charge in [0.2, 0.25) is 0 Å². The lowest BCUT2D eigenvalue weighted by Gasteiger charge is -2.17. The van der Waals surface area contributed by atoms with Gasteiger partial charge in [0.25, 0.3) is 0 Å². The van der Waals surface area contributed by atoms with Crippen molar-refractivity contribution in [3.63, 3.8) is 0 Å². The highest BCUT2D eigenvalue weighted by molar-refractivity contribution is 7.99. The van der Waals surface area contributed by atoms with Gasteiger partial charge in [-0.3, -0.25) is 0 Å². The Morgan fingerprint density at radius 1 is 0.526 bits per heavy atom. The van der Waals surface area contributed by atoms with Crippen LogP contribution in [0.15, 0.2) is 94.7 Å². The van der Waals surface area contributed by atoms with Gasteiger partial charge in [0.05, 0.1) is 11.6 Å². The van der Waals surface area contributed by atoms with Crippen molar-refractivity contribution < 1.29 is 9.47 Å². The van der Waals surface area contributed by atoms with Crippen molar-refractivity contribution in [1.29, 1.82) is 5.26 Å². The summed E-state index contributed by atoms with van der Waals surface area (Å²) in [6, 6.07) is 30.6. The third kappa shape index (κ3) is 6.79. The van der Waals surface area contributed by atoms with E-state index in [0.29, 0.717) is 17.4 Å². The van der Waals surface area contributed by atoms with Crippen LogP contribution in [0.2, 0.25) is 0 Å². The normalized spacial score (nSPS) is 11.2. The standard InChI is InChI=1S/C34H35NO2S/c1-22(2)32-18-13-29(20-34(32)24(5)6)37-27-11-16-31(17-12-27)38-30-14-9-26(10-15-30)36-28-8-7-25(21-35)33(19-28)23(3)4/h7-20,22-24H,1-6H3. The molecule has 38 heavy (non-hydrogen) atoms. The number of rotatable bonds is 9. The summed E-state index contributed by atoms with van der Waals surface area (Å²) < 4.78 is 12.2. The molecule has 0 aliphatic rings. The second-order valence-corrected chi connectivity index (χ2v) is 11.5. The topological polar surface area (TPSA) is 42.2 Å². The number of hydrogen-bond acceptors (Lipinski definition) is 4. The highest BCUT2D eigenvalue weighted by Crippen LogP contribution is 2.35. The van der Waals surface area contributed by atoms with Crippen molar-refractivity contribution in [3.05, 3.63) is 107 Å². The highest BCUT2D eigenvalue weighted by atomic mass is 32.2. The van der Waals surface area contributed by atoms with E-state index in [-0.39, 0.29) is 5.92 Å². The Hall–Kier alpha value is -3.68. The Labute approximate surface area is 231 Å². The molecule has 0 aliphatic heterocycles. The predicted molar refractivity (Wildman–Crippen MR) is 157 cm³/mol. The second-order valence-electron chi connectivity index (χ2n) is 10.4. The first-order valence-corrected chi connectivity index (χ1v) is 14.0. The molecule has 0 radical (unpaired) electrons. The van der Waals surface area contributed by atoms with Crippen molar-refractivity contribution in [2.75, 3.05) is 0 Å². The maximum absolute atomic E-state index is 9.33. The van der Waals surface area contributed by atoms with Crippen LogP contribution in [-0.4, -0.2) is 0 Å². The van der Waals surface area contributed by atoms with Gasteiger partial charge in [-0.1, -0.05) is 59.4 Å². The number of nitriles is 1. The monoisotopic (exact) mass is 521 g/mol. The summed E-state index contributed by atoms with van der Waals surface area (Å²) in [6.07, 6.45) is 0. The van der Waals surface area contributed by atoms with Gasteiger partial charge in [-0.15, -0.1) is 0 Å². The molecule has 0 aromatic heterocycles. The Kier molecular flexibility index (Phi) is 8.81. The van der Waals surface area contributed by atoms with Gasteiger partial charge in [-0.05, 0) is 113 Å². The lowest BCUT2D eigenvalue weighted by molar-refractivity contribution is 0.480. The van der Waals surface area contributed by atoms with Crippen LogP contribution in [0.3, 0.4) is 0 Å². The quantitative estimate of drug-likeness (QED) is 0.220. The Morgan fingerprint density at radius 2 is 0.947 bits per heavy atom. The lowest BCUT2D eigenvalue weighted by Crippen LogP contribution is -1.99. The molecule has 0 N–H and O–H groups in total. The number of nitrogens with zero attached hydrogens (tertiary/aromatic N) is 1. The third-order valence-corrected chi connectivity index (χ3v) is 7.44. The minimum atomic E-state index is 0.256. The highest BCUT2D eigenvalue weighted by Gasteiger charge is 2.12. The summed E-state index contributed by atoms with van der Waals surface area (Å²) in [5.74, 6) is 4.40. The zero-order chi connectivity index (χ0) is 27.2. The van der Waals surface area contributed by atoms with Crippen LogP contribution in [0, 0.1) is 11.3 Å². The van der Waals surface area contributed by atoms with E-state index in [0.717, 1.165) is 38.4 Å². The largest absolute Gasteiger partial charge is 0.457 e. The summed E-state index contributed by atoms with van der Waals surface area (Å²) in [6.45, 7) is 13.1. The van der Waals surface area contributed by atoms with Crippen LogP contribution in [0.1, 0.15) is 81.5 Å². The Balaban J connectivity index is 1.39. The van der Waals surface area contributed by atoms with Crippen LogP contribution in [0.5, 0.6) is 23.0 Å². The molecule has 4 aromatic rings. The fourth-order valence-corrected chi connectivity index (χ4v) is 5.20. The summed E-state index contributed by atoms with van der Waals surface area (Å²) in [7, 11) is 0. The zero-order valence-electron chi connectivity index (χ0n) is 23.0. The maximum atomic E-state index is 9.33. The molecule has 0 fully saturated rings. The van der Waals surface area contributed by atoms with E-state index in [4.69, 9.17) is 9.47 Å². The molecule has 0 spiro atoms. The smallest absolute Gasteiger partial charge is 0.127 e. The van der Waals surface area contributed by atoms with Crippen molar-refractivity contribution in [2.24, 2.45) is 0 Å². The Bertz CT molecular complexity index is 1410. The maximum Gasteiger partial charge on any atom is 0.127 e. The molecular formula is C34H35NO2S. The van der Waals surface area contributed by atoms with E-state index in [1.807, 2.05) is 42.5 Å². The fourth-order valence-electron chi connectivity index (χ4n) is 4.39. The summed E-state index contributed by atoms with van der Waals surface area (Å²) >= 11 is 1.69. The molecule has 0 saturated heterocycles. The minimum absolute atomic E-state index is 0.256. The zero-order valence-corrected chi connectivity index (χ0v) is 23.8. The first-order valence-electron chi connectivity index (χ1n) is 13.1. The third-order valence-electron chi connectivity index (χ3n) is 6.42. The fraction of sp³-hybridized carbons (Fsp3) is 0.265.